The molecule has 1 aliphatic heterocycles. The SMILES string of the molecule is Cc1cc(N2CCC(CN)CC2)nc(Nc2ccccc2)n1. The average Bonchev–Trinajstić information content (AvgIpc) is 2.55. The molecule has 3 N–H and O–H groups in total. The Kier molecular flexibility index (Phi) is 4.53. The van der Waals surface area contributed by atoms with Crippen molar-refractivity contribution in [1.29, 1.82) is 0 Å². The van der Waals surface area contributed by atoms with Crippen molar-refractivity contribution < 1.29 is 0 Å². The van der Waals surface area contributed by atoms with Gasteiger partial charge in [-0.05, 0) is 44.4 Å². The molecule has 1 saturated heterocycles. The van der Waals surface area contributed by atoms with E-state index in [1.165, 1.54) is 0 Å². The molecule has 22 heavy (non-hydrogen) atoms. The summed E-state index contributed by atoms with van der Waals surface area (Å²) in [7, 11) is 0. The van der Waals surface area contributed by atoms with Crippen molar-refractivity contribution in [2.45, 2.75) is 19.8 Å². The predicted octanol–water partition coefficient (Wildman–Crippen LogP) is 2.70. The van der Waals surface area contributed by atoms with Gasteiger partial charge >= 0.3 is 0 Å². The fourth-order valence-corrected chi connectivity index (χ4v) is 2.82. The Balaban J connectivity index is 1.75. The number of hydrogen-bond acceptors (Lipinski definition) is 5. The Labute approximate surface area is 131 Å². The molecule has 0 bridgehead atoms. The van der Waals surface area contributed by atoms with E-state index in [2.05, 4.69) is 26.3 Å². The van der Waals surface area contributed by atoms with E-state index in [1.807, 2.05) is 37.3 Å². The summed E-state index contributed by atoms with van der Waals surface area (Å²) in [5, 5.41) is 3.28. The predicted molar refractivity (Wildman–Crippen MR) is 90.5 cm³/mol. The zero-order chi connectivity index (χ0) is 15.4. The Morgan fingerprint density at radius 2 is 1.91 bits per heavy atom. The molecular formula is C17H23N5. The van der Waals surface area contributed by atoms with E-state index in [4.69, 9.17) is 5.73 Å². The fraction of sp³-hybridized carbons (Fsp3) is 0.412. The van der Waals surface area contributed by atoms with Gasteiger partial charge in [-0.25, -0.2) is 4.98 Å². The molecule has 3 rings (SSSR count). The number of nitrogens with two attached hydrogens (primary N) is 1. The second-order valence-corrected chi connectivity index (χ2v) is 5.85. The molecule has 0 spiro atoms. The number of aryl methyl sites for hydroxylation is 1. The lowest BCUT2D eigenvalue weighted by Crippen LogP contribution is -2.36. The largest absolute Gasteiger partial charge is 0.356 e. The van der Waals surface area contributed by atoms with Gasteiger partial charge in [-0.3, -0.25) is 0 Å². The van der Waals surface area contributed by atoms with Gasteiger partial charge in [0.1, 0.15) is 5.82 Å². The summed E-state index contributed by atoms with van der Waals surface area (Å²) in [6.07, 6.45) is 2.28. The molecule has 1 aromatic carbocycles. The van der Waals surface area contributed by atoms with E-state index >= 15 is 0 Å². The highest BCUT2D eigenvalue weighted by Gasteiger charge is 2.19. The first-order chi connectivity index (χ1) is 10.7. The topological polar surface area (TPSA) is 67.1 Å². The minimum Gasteiger partial charge on any atom is -0.356 e. The van der Waals surface area contributed by atoms with Crippen LogP contribution in [0.1, 0.15) is 18.5 Å². The van der Waals surface area contributed by atoms with E-state index in [1.54, 1.807) is 0 Å². The molecule has 0 radical (unpaired) electrons. The summed E-state index contributed by atoms with van der Waals surface area (Å²) < 4.78 is 0. The molecule has 0 aliphatic carbocycles. The molecule has 0 unspecified atom stereocenters. The van der Waals surface area contributed by atoms with Crippen LogP contribution in [-0.4, -0.2) is 29.6 Å². The molecule has 1 aliphatic rings. The number of hydrogen-bond donors (Lipinski definition) is 2. The third kappa shape index (κ3) is 3.54. The van der Waals surface area contributed by atoms with Crippen molar-refractivity contribution in [3.63, 3.8) is 0 Å². The van der Waals surface area contributed by atoms with E-state index in [9.17, 15) is 0 Å². The standard InChI is InChI=1S/C17H23N5/c1-13-11-16(22-9-7-14(12-18)8-10-22)21-17(19-13)20-15-5-3-2-4-6-15/h2-6,11,14H,7-10,12,18H2,1H3,(H,19,20,21). The summed E-state index contributed by atoms with van der Waals surface area (Å²) >= 11 is 0. The van der Waals surface area contributed by atoms with Crippen LogP contribution in [0.25, 0.3) is 0 Å². The van der Waals surface area contributed by atoms with Crippen molar-refractivity contribution in [3.8, 4) is 0 Å². The molecule has 116 valence electrons. The van der Waals surface area contributed by atoms with Gasteiger partial charge in [0.05, 0.1) is 0 Å². The van der Waals surface area contributed by atoms with Crippen LogP contribution in [0.3, 0.4) is 0 Å². The Hall–Kier alpha value is -2.14. The lowest BCUT2D eigenvalue weighted by molar-refractivity contribution is 0.413. The summed E-state index contributed by atoms with van der Waals surface area (Å²) in [5.41, 5.74) is 7.74. The van der Waals surface area contributed by atoms with Crippen molar-refractivity contribution in [2.75, 3.05) is 29.9 Å². The molecule has 5 heteroatoms. The van der Waals surface area contributed by atoms with Crippen LogP contribution >= 0.6 is 0 Å². The number of rotatable bonds is 4. The molecule has 2 aromatic rings. The van der Waals surface area contributed by atoms with Crippen molar-refractivity contribution in [2.24, 2.45) is 11.7 Å². The van der Waals surface area contributed by atoms with Crippen LogP contribution in [0, 0.1) is 12.8 Å². The second kappa shape index (κ2) is 6.75. The molecule has 0 amide bonds. The summed E-state index contributed by atoms with van der Waals surface area (Å²) in [5.74, 6) is 2.31. The van der Waals surface area contributed by atoms with Crippen molar-refractivity contribution in [1.82, 2.24) is 9.97 Å². The quantitative estimate of drug-likeness (QED) is 0.908. The van der Waals surface area contributed by atoms with Crippen LogP contribution in [0.4, 0.5) is 17.5 Å². The third-order valence-electron chi connectivity index (χ3n) is 4.14. The smallest absolute Gasteiger partial charge is 0.229 e. The van der Waals surface area contributed by atoms with Crippen LogP contribution < -0.4 is 16.0 Å². The highest BCUT2D eigenvalue weighted by atomic mass is 15.2. The molecule has 2 heterocycles. The van der Waals surface area contributed by atoms with Crippen LogP contribution in [0.15, 0.2) is 36.4 Å². The monoisotopic (exact) mass is 297 g/mol. The minimum absolute atomic E-state index is 0.654. The summed E-state index contributed by atoms with van der Waals surface area (Å²) in [4.78, 5) is 11.5. The van der Waals surface area contributed by atoms with Gasteiger partial charge < -0.3 is 16.0 Å². The lowest BCUT2D eigenvalue weighted by Gasteiger charge is -2.32. The first kappa shape index (κ1) is 14.8. The molecule has 0 atom stereocenters. The number of benzene rings is 1. The maximum atomic E-state index is 5.77. The zero-order valence-corrected chi connectivity index (χ0v) is 13.0. The Morgan fingerprint density at radius 1 is 1.18 bits per heavy atom. The number of piperidine rings is 1. The molecule has 1 fully saturated rings. The highest BCUT2D eigenvalue weighted by molar-refractivity contribution is 5.55. The van der Waals surface area contributed by atoms with Gasteiger partial charge in [0.2, 0.25) is 5.95 Å². The van der Waals surface area contributed by atoms with Crippen molar-refractivity contribution >= 4 is 17.5 Å². The van der Waals surface area contributed by atoms with Gasteiger partial charge in [0.25, 0.3) is 0 Å². The van der Waals surface area contributed by atoms with Gasteiger partial charge in [-0.2, -0.15) is 4.98 Å². The summed E-state index contributed by atoms with van der Waals surface area (Å²) in [6, 6.07) is 12.1. The number of aromatic nitrogens is 2. The summed E-state index contributed by atoms with van der Waals surface area (Å²) in [6.45, 7) is 4.83. The maximum Gasteiger partial charge on any atom is 0.229 e. The van der Waals surface area contributed by atoms with Crippen molar-refractivity contribution in [3.05, 3.63) is 42.1 Å². The number of para-hydroxylation sites is 1. The van der Waals surface area contributed by atoms with Crippen LogP contribution in [0.5, 0.6) is 0 Å². The number of anilines is 3. The maximum absolute atomic E-state index is 5.77. The minimum atomic E-state index is 0.654. The normalized spacial score (nSPS) is 15.8. The van der Waals surface area contributed by atoms with Crippen LogP contribution in [0.2, 0.25) is 0 Å². The Bertz CT molecular complexity index is 606. The molecule has 1 aromatic heterocycles. The van der Waals surface area contributed by atoms with Gasteiger partial charge in [-0.1, -0.05) is 18.2 Å². The molecule has 0 saturated carbocycles. The third-order valence-corrected chi connectivity index (χ3v) is 4.14. The van der Waals surface area contributed by atoms with Gasteiger partial charge in [-0.15, -0.1) is 0 Å². The lowest BCUT2D eigenvalue weighted by atomic mass is 9.97. The molecule has 5 nitrogen and oxygen atoms in total. The number of nitrogens with zero attached hydrogens (tertiary/aromatic N) is 3. The van der Waals surface area contributed by atoms with Crippen LogP contribution in [-0.2, 0) is 0 Å². The van der Waals surface area contributed by atoms with E-state index in [0.717, 1.165) is 49.7 Å². The van der Waals surface area contributed by atoms with E-state index in [-0.39, 0.29) is 0 Å². The highest BCUT2D eigenvalue weighted by Crippen LogP contribution is 2.23. The first-order valence-electron chi connectivity index (χ1n) is 7.87. The van der Waals surface area contributed by atoms with E-state index in [0.29, 0.717) is 11.9 Å². The van der Waals surface area contributed by atoms with E-state index < -0.39 is 0 Å². The average molecular weight is 297 g/mol. The van der Waals surface area contributed by atoms with Gasteiger partial charge in [0, 0.05) is 30.5 Å². The number of nitrogens with one attached hydrogen (secondary N) is 1. The van der Waals surface area contributed by atoms with Gasteiger partial charge in [0.15, 0.2) is 0 Å². The second-order valence-electron chi connectivity index (χ2n) is 5.85. The zero-order valence-electron chi connectivity index (χ0n) is 13.0. The Morgan fingerprint density at radius 3 is 2.59 bits per heavy atom. The fourth-order valence-electron chi connectivity index (χ4n) is 2.82. The molecular weight excluding hydrogens is 274 g/mol. The first-order valence-corrected chi connectivity index (χ1v) is 7.87.